The van der Waals surface area contributed by atoms with Gasteiger partial charge in [0.15, 0.2) is 5.82 Å². The van der Waals surface area contributed by atoms with Crippen molar-refractivity contribution in [1.29, 1.82) is 0 Å². The molecule has 3 heteroatoms. The van der Waals surface area contributed by atoms with Gasteiger partial charge >= 0.3 is 0 Å². The first kappa shape index (κ1) is 31.1. The molecule has 2 aromatic heterocycles. The summed E-state index contributed by atoms with van der Waals surface area (Å²) in [7, 11) is 0. The Morgan fingerprint density at radius 2 is 1.20 bits per heavy atom. The Kier molecular flexibility index (Phi) is 7.11. The second kappa shape index (κ2) is 12.3. The fourth-order valence-corrected chi connectivity index (χ4v) is 10.3. The molecule has 0 fully saturated rings. The van der Waals surface area contributed by atoms with E-state index in [9.17, 15) is 0 Å². The van der Waals surface area contributed by atoms with Crippen LogP contribution in [-0.4, -0.2) is 9.97 Å². The van der Waals surface area contributed by atoms with Crippen LogP contribution < -0.4 is 0 Å². The van der Waals surface area contributed by atoms with E-state index in [0.717, 1.165) is 52.0 Å². The quantitative estimate of drug-likeness (QED) is 0.178. The van der Waals surface area contributed by atoms with E-state index in [0.29, 0.717) is 0 Å². The van der Waals surface area contributed by atoms with Crippen LogP contribution in [-0.2, 0) is 5.41 Å². The lowest BCUT2D eigenvalue weighted by atomic mass is 9.66. The van der Waals surface area contributed by atoms with Crippen molar-refractivity contribution < 1.29 is 0 Å². The van der Waals surface area contributed by atoms with E-state index in [4.69, 9.17) is 9.97 Å². The predicted molar refractivity (Wildman–Crippen MR) is 227 cm³/mol. The lowest BCUT2D eigenvalue weighted by molar-refractivity contribution is 0.757. The van der Waals surface area contributed by atoms with Gasteiger partial charge in [-0.1, -0.05) is 158 Å². The Balaban J connectivity index is 1.10. The molecule has 254 valence electrons. The summed E-state index contributed by atoms with van der Waals surface area (Å²) >= 11 is 1.81. The van der Waals surface area contributed by atoms with Gasteiger partial charge in [-0.05, 0) is 81.6 Å². The minimum atomic E-state index is -0.403. The van der Waals surface area contributed by atoms with Gasteiger partial charge in [0.2, 0.25) is 0 Å². The van der Waals surface area contributed by atoms with Crippen molar-refractivity contribution >= 4 is 48.0 Å². The molecule has 2 aliphatic rings. The molecule has 2 aliphatic carbocycles. The Labute approximate surface area is 318 Å². The van der Waals surface area contributed by atoms with Gasteiger partial charge in [-0.2, -0.15) is 0 Å². The van der Waals surface area contributed by atoms with Crippen molar-refractivity contribution in [3.05, 3.63) is 210 Å². The van der Waals surface area contributed by atoms with Gasteiger partial charge in [0, 0.05) is 32.0 Å². The summed E-state index contributed by atoms with van der Waals surface area (Å²) in [5.41, 5.74) is 14.1. The van der Waals surface area contributed by atoms with Crippen LogP contribution in [0.5, 0.6) is 0 Å². The van der Waals surface area contributed by atoms with Crippen LogP contribution >= 0.6 is 11.3 Å². The SMILES string of the molecule is C1=CC2=C(CC1)c1ccccc1C2(c1ccccc1)c1cccc(-c2cccc(-c3nc(-c4ccccc4)c4ccc5c6ccccc6sc5c4n3)c2)c1. The molecule has 0 saturated carbocycles. The second-order valence-corrected chi connectivity index (χ2v) is 15.4. The van der Waals surface area contributed by atoms with Crippen molar-refractivity contribution in [2.24, 2.45) is 0 Å². The molecule has 2 heterocycles. The van der Waals surface area contributed by atoms with Gasteiger partial charge in [-0.25, -0.2) is 9.97 Å². The third-order valence-corrected chi connectivity index (χ3v) is 12.6. The number of fused-ring (bicyclic) bond motifs is 7. The van der Waals surface area contributed by atoms with Crippen LogP contribution in [0.2, 0.25) is 0 Å². The second-order valence-electron chi connectivity index (χ2n) is 14.4. The first-order chi connectivity index (χ1) is 26.8. The molecule has 0 spiro atoms. The van der Waals surface area contributed by atoms with E-state index in [1.54, 1.807) is 0 Å². The first-order valence-electron chi connectivity index (χ1n) is 18.7. The molecular formula is C51H34N2S. The van der Waals surface area contributed by atoms with Crippen LogP contribution in [0.4, 0.5) is 0 Å². The molecule has 7 aromatic carbocycles. The van der Waals surface area contributed by atoms with E-state index in [1.807, 2.05) is 11.3 Å². The third kappa shape index (κ3) is 4.65. The van der Waals surface area contributed by atoms with E-state index >= 15 is 0 Å². The maximum Gasteiger partial charge on any atom is 0.160 e. The molecule has 54 heavy (non-hydrogen) atoms. The molecule has 0 bridgehead atoms. The lowest BCUT2D eigenvalue weighted by Gasteiger charge is -2.35. The monoisotopic (exact) mass is 706 g/mol. The maximum atomic E-state index is 5.38. The fourth-order valence-electron chi connectivity index (χ4n) is 9.08. The van der Waals surface area contributed by atoms with Crippen LogP contribution in [0.3, 0.4) is 0 Å². The standard InChI is InChI=1S/C51H34N2S/c1-3-15-33(16-4-1)47-43-30-29-42-41-25-9-12-28-46(41)54-49(42)48(43)53-50(52-47)36-19-13-17-34(31-36)35-18-14-22-38(32-35)51(37-20-5-2-6-21-37)44-26-10-7-23-39(44)40-24-8-11-27-45(40)51/h1-7,9-23,25-32H,8,24H2. The number of nitrogens with zero attached hydrogens (tertiary/aromatic N) is 2. The molecule has 0 radical (unpaired) electrons. The average molecular weight is 707 g/mol. The first-order valence-corrected chi connectivity index (χ1v) is 19.5. The van der Waals surface area contributed by atoms with Crippen LogP contribution in [0.1, 0.15) is 35.1 Å². The van der Waals surface area contributed by atoms with E-state index in [-0.39, 0.29) is 0 Å². The number of rotatable bonds is 5. The predicted octanol–water partition coefficient (Wildman–Crippen LogP) is 13.5. The fraction of sp³-hybridized carbons (Fsp3) is 0.0588. The molecule has 11 rings (SSSR count). The summed E-state index contributed by atoms with van der Waals surface area (Å²) in [6, 6.07) is 61.8. The molecular weight excluding hydrogens is 673 g/mol. The summed E-state index contributed by atoms with van der Waals surface area (Å²) in [6.45, 7) is 0. The molecule has 1 unspecified atom stereocenters. The zero-order chi connectivity index (χ0) is 35.6. The molecule has 0 N–H and O–H groups in total. The van der Waals surface area contributed by atoms with Crippen molar-refractivity contribution in [2.75, 3.05) is 0 Å². The zero-order valence-electron chi connectivity index (χ0n) is 29.5. The van der Waals surface area contributed by atoms with Crippen molar-refractivity contribution in [1.82, 2.24) is 9.97 Å². The van der Waals surface area contributed by atoms with Gasteiger partial charge in [-0.15, -0.1) is 11.3 Å². The van der Waals surface area contributed by atoms with E-state index in [2.05, 4.69) is 182 Å². The third-order valence-electron chi connectivity index (χ3n) is 11.4. The highest BCUT2D eigenvalue weighted by Gasteiger charge is 2.47. The zero-order valence-corrected chi connectivity index (χ0v) is 30.4. The number of hydrogen-bond acceptors (Lipinski definition) is 3. The molecule has 0 amide bonds. The highest BCUT2D eigenvalue weighted by atomic mass is 32.1. The summed E-state index contributed by atoms with van der Waals surface area (Å²) in [5, 5.41) is 3.58. The number of hydrogen-bond donors (Lipinski definition) is 0. The molecule has 0 aliphatic heterocycles. The van der Waals surface area contributed by atoms with Gasteiger partial charge in [0.25, 0.3) is 0 Å². The number of thiophene rings is 1. The Hall–Kier alpha value is -6.42. The lowest BCUT2D eigenvalue weighted by Crippen LogP contribution is -2.29. The summed E-state index contributed by atoms with van der Waals surface area (Å²) in [6.07, 6.45) is 6.88. The Morgan fingerprint density at radius 3 is 2.09 bits per heavy atom. The number of benzene rings is 7. The molecule has 1 atom stereocenters. The Morgan fingerprint density at radius 1 is 0.519 bits per heavy atom. The van der Waals surface area contributed by atoms with Gasteiger partial charge in [0.05, 0.1) is 21.3 Å². The smallest absolute Gasteiger partial charge is 0.160 e. The minimum absolute atomic E-state index is 0.403. The van der Waals surface area contributed by atoms with Crippen molar-refractivity contribution in [3.63, 3.8) is 0 Å². The molecule has 0 saturated heterocycles. The van der Waals surface area contributed by atoms with Gasteiger partial charge in [-0.3, -0.25) is 0 Å². The van der Waals surface area contributed by atoms with Crippen molar-refractivity contribution in [3.8, 4) is 33.8 Å². The summed E-state index contributed by atoms with van der Waals surface area (Å²) in [4.78, 5) is 10.7. The van der Waals surface area contributed by atoms with Gasteiger partial charge < -0.3 is 0 Å². The number of allylic oxidation sites excluding steroid dienone is 4. The topological polar surface area (TPSA) is 25.8 Å². The van der Waals surface area contributed by atoms with E-state index < -0.39 is 5.41 Å². The van der Waals surface area contributed by atoms with Gasteiger partial charge in [0.1, 0.15) is 0 Å². The molecule has 2 nitrogen and oxygen atoms in total. The normalized spacial score (nSPS) is 16.3. The summed E-state index contributed by atoms with van der Waals surface area (Å²) < 4.78 is 2.47. The van der Waals surface area contributed by atoms with Crippen LogP contribution in [0.25, 0.3) is 70.4 Å². The minimum Gasteiger partial charge on any atom is -0.227 e. The van der Waals surface area contributed by atoms with Crippen LogP contribution in [0, 0.1) is 0 Å². The van der Waals surface area contributed by atoms with Crippen molar-refractivity contribution in [2.45, 2.75) is 18.3 Å². The average Bonchev–Trinajstić information content (AvgIpc) is 3.79. The highest BCUT2D eigenvalue weighted by molar-refractivity contribution is 7.26. The van der Waals surface area contributed by atoms with Crippen LogP contribution in [0.15, 0.2) is 188 Å². The molecule has 9 aromatic rings. The Bertz CT molecular complexity index is 2990. The largest absolute Gasteiger partial charge is 0.227 e. The van der Waals surface area contributed by atoms with E-state index in [1.165, 1.54) is 59.1 Å². The summed E-state index contributed by atoms with van der Waals surface area (Å²) in [5.74, 6) is 0.733. The maximum absolute atomic E-state index is 5.38. The highest BCUT2D eigenvalue weighted by Crippen LogP contribution is 2.57. The number of aromatic nitrogens is 2.